The minimum Gasteiger partial charge on any atom is -0.309 e. The van der Waals surface area contributed by atoms with Crippen molar-refractivity contribution in [2.24, 2.45) is 0 Å². The first kappa shape index (κ1) is 46.2. The van der Waals surface area contributed by atoms with Crippen LogP contribution in [0.5, 0.6) is 0 Å². The zero-order chi connectivity index (χ0) is 53.4. The molecule has 5 nitrogen and oxygen atoms in total. The third-order valence-corrected chi connectivity index (χ3v) is 16.2. The zero-order valence-electron chi connectivity index (χ0n) is 44.0. The van der Waals surface area contributed by atoms with Crippen molar-refractivity contribution in [3.05, 3.63) is 297 Å². The number of benzene rings is 12. The lowest BCUT2D eigenvalue weighted by molar-refractivity contribution is 1.13. The largest absolute Gasteiger partial charge is 0.309 e. The smallest absolute Gasteiger partial charge is 0.160 e. The first-order valence-corrected chi connectivity index (χ1v) is 27.6. The number of aromatic nitrogens is 5. The Hall–Kier alpha value is -10.9. The highest BCUT2D eigenvalue weighted by atomic mass is 15.0. The van der Waals surface area contributed by atoms with Crippen LogP contribution < -0.4 is 0 Å². The van der Waals surface area contributed by atoms with Crippen LogP contribution in [0.25, 0.3) is 150 Å². The molecule has 0 bridgehead atoms. The van der Waals surface area contributed by atoms with Gasteiger partial charge in [0.1, 0.15) is 0 Å². The first-order chi connectivity index (χ1) is 40.2. The number of rotatable bonds is 9. The number of hydrogen-bond donors (Lipinski definition) is 0. The average Bonchev–Trinajstić information content (AvgIpc) is 4.26. The highest BCUT2D eigenvalue weighted by Crippen LogP contribution is 2.43. The SMILES string of the molecule is c1ccc(-c2ccc3c(c2)c2cc(-c4ccc5c(c4)c4ccccc4n5-c4ccccc4)ccc2n3-c2cccc(-n3c4ccccc4c4c(-c5cccc(-c6nc(-c7ccccc7)cc(-c7ccccc7)n6)c5)cccc43)c2)cc1. The molecule has 0 radical (unpaired) electrons. The van der Waals surface area contributed by atoms with Crippen LogP contribution in [0.1, 0.15) is 0 Å². The zero-order valence-corrected chi connectivity index (χ0v) is 44.0. The van der Waals surface area contributed by atoms with Crippen LogP contribution in [-0.4, -0.2) is 23.7 Å². The van der Waals surface area contributed by atoms with E-state index in [1.807, 2.05) is 12.1 Å². The van der Waals surface area contributed by atoms with Crippen LogP contribution in [-0.2, 0) is 0 Å². The molecule has 0 N–H and O–H groups in total. The van der Waals surface area contributed by atoms with Gasteiger partial charge in [0.15, 0.2) is 5.82 Å². The van der Waals surface area contributed by atoms with Crippen LogP contribution in [0.2, 0.25) is 0 Å². The molecule has 0 aliphatic rings. The summed E-state index contributed by atoms with van der Waals surface area (Å²) in [7, 11) is 0. The number of fused-ring (bicyclic) bond motifs is 9. The van der Waals surface area contributed by atoms with E-state index in [1.165, 1.54) is 65.6 Å². The van der Waals surface area contributed by atoms with Gasteiger partial charge in [-0.05, 0) is 130 Å². The third-order valence-electron chi connectivity index (χ3n) is 16.2. The summed E-state index contributed by atoms with van der Waals surface area (Å²) in [6, 6.07) is 107. The molecule has 4 heterocycles. The lowest BCUT2D eigenvalue weighted by Crippen LogP contribution is -1.98. The quantitative estimate of drug-likeness (QED) is 0.145. The molecule has 0 saturated carbocycles. The van der Waals surface area contributed by atoms with E-state index < -0.39 is 0 Å². The number of nitrogens with zero attached hydrogens (tertiary/aromatic N) is 5. The van der Waals surface area contributed by atoms with Crippen LogP contribution in [0.3, 0.4) is 0 Å². The summed E-state index contributed by atoms with van der Waals surface area (Å²) in [4.78, 5) is 10.4. The highest BCUT2D eigenvalue weighted by molar-refractivity contribution is 6.17. The Morgan fingerprint density at radius 3 is 1.21 bits per heavy atom. The Morgan fingerprint density at radius 1 is 0.210 bits per heavy atom. The Balaban J connectivity index is 0.836. The fourth-order valence-corrected chi connectivity index (χ4v) is 12.5. The summed E-state index contributed by atoms with van der Waals surface area (Å²) in [5, 5.41) is 7.27. The predicted octanol–water partition coefficient (Wildman–Crippen LogP) is 19.8. The van der Waals surface area contributed by atoms with Crippen molar-refractivity contribution in [2.75, 3.05) is 0 Å². The molecule has 0 amide bonds. The molecule has 12 aromatic carbocycles. The van der Waals surface area contributed by atoms with Crippen LogP contribution in [0.15, 0.2) is 297 Å². The fraction of sp³-hybridized carbons (Fsp3) is 0. The lowest BCUT2D eigenvalue weighted by Gasteiger charge is -2.13. The minimum atomic E-state index is 0.686. The molecule has 0 spiro atoms. The van der Waals surface area contributed by atoms with E-state index in [4.69, 9.17) is 9.97 Å². The fourth-order valence-electron chi connectivity index (χ4n) is 12.5. The lowest BCUT2D eigenvalue weighted by atomic mass is 9.97. The summed E-state index contributed by atoms with van der Waals surface area (Å²) in [5.41, 5.74) is 22.1. The van der Waals surface area contributed by atoms with E-state index in [9.17, 15) is 0 Å². The van der Waals surface area contributed by atoms with Gasteiger partial charge < -0.3 is 13.7 Å². The first-order valence-electron chi connectivity index (χ1n) is 27.6. The highest BCUT2D eigenvalue weighted by Gasteiger charge is 2.21. The molecule has 0 saturated heterocycles. The summed E-state index contributed by atoms with van der Waals surface area (Å²) in [6.45, 7) is 0. The second-order valence-electron chi connectivity index (χ2n) is 20.9. The van der Waals surface area contributed by atoms with Crippen molar-refractivity contribution >= 4 is 65.4 Å². The maximum absolute atomic E-state index is 5.20. The standard InChI is InChI=1S/C76H49N5/c1-5-20-50(21-6-1)53-38-41-72-65(45-53)66-47-55(54-39-42-71-64(46-54)62-32-13-15-35-69(62)79(71)58-28-11-4-12-29-58)40-43-73(66)80(72)59-30-18-31-60(48-59)81-70-36-16-14-33-63(70)75-61(34-19-37-74(75)81)56-26-17-27-57(44-56)76-77-67(51-22-7-2-8-23-51)49-68(78-76)52-24-9-3-10-25-52/h1-49H. The molecule has 16 aromatic rings. The van der Waals surface area contributed by atoms with E-state index in [2.05, 4.69) is 299 Å². The van der Waals surface area contributed by atoms with Gasteiger partial charge in [0.25, 0.3) is 0 Å². The van der Waals surface area contributed by atoms with E-state index in [1.54, 1.807) is 0 Å². The molecular formula is C76H49N5. The van der Waals surface area contributed by atoms with Gasteiger partial charge in [-0.25, -0.2) is 9.97 Å². The average molecular weight is 1030 g/mol. The third kappa shape index (κ3) is 7.78. The van der Waals surface area contributed by atoms with Gasteiger partial charge in [0, 0.05) is 66.1 Å². The second kappa shape index (κ2) is 18.9. The van der Waals surface area contributed by atoms with Gasteiger partial charge in [-0.15, -0.1) is 0 Å². The van der Waals surface area contributed by atoms with Crippen molar-refractivity contribution in [1.82, 2.24) is 23.7 Å². The van der Waals surface area contributed by atoms with Crippen molar-refractivity contribution in [3.8, 4) is 84.3 Å². The van der Waals surface area contributed by atoms with Gasteiger partial charge in [-0.3, -0.25) is 0 Å². The van der Waals surface area contributed by atoms with Crippen molar-refractivity contribution < 1.29 is 0 Å². The molecule has 16 rings (SSSR count). The van der Waals surface area contributed by atoms with Crippen molar-refractivity contribution in [3.63, 3.8) is 0 Å². The van der Waals surface area contributed by atoms with Gasteiger partial charge in [0.2, 0.25) is 0 Å². The van der Waals surface area contributed by atoms with Gasteiger partial charge in [0.05, 0.1) is 44.5 Å². The van der Waals surface area contributed by atoms with Crippen LogP contribution in [0, 0.1) is 0 Å². The summed E-state index contributed by atoms with van der Waals surface area (Å²) >= 11 is 0. The molecule has 81 heavy (non-hydrogen) atoms. The molecule has 4 aromatic heterocycles. The van der Waals surface area contributed by atoms with E-state index in [0.717, 1.165) is 78.3 Å². The molecular weight excluding hydrogens is 983 g/mol. The van der Waals surface area contributed by atoms with Crippen molar-refractivity contribution in [2.45, 2.75) is 0 Å². The van der Waals surface area contributed by atoms with E-state index in [0.29, 0.717) is 5.82 Å². The number of para-hydroxylation sites is 3. The van der Waals surface area contributed by atoms with Crippen molar-refractivity contribution in [1.29, 1.82) is 0 Å². The van der Waals surface area contributed by atoms with Gasteiger partial charge in [-0.2, -0.15) is 0 Å². The molecule has 378 valence electrons. The van der Waals surface area contributed by atoms with E-state index >= 15 is 0 Å². The molecule has 0 aliphatic carbocycles. The topological polar surface area (TPSA) is 40.6 Å². The van der Waals surface area contributed by atoms with Gasteiger partial charge >= 0.3 is 0 Å². The maximum atomic E-state index is 5.20. The maximum Gasteiger partial charge on any atom is 0.160 e. The molecule has 5 heteroatoms. The van der Waals surface area contributed by atoms with Gasteiger partial charge in [-0.1, -0.05) is 200 Å². The number of hydrogen-bond acceptors (Lipinski definition) is 2. The minimum absolute atomic E-state index is 0.686. The summed E-state index contributed by atoms with van der Waals surface area (Å²) in [5.74, 6) is 0.686. The Labute approximate surface area is 468 Å². The Morgan fingerprint density at radius 2 is 0.605 bits per heavy atom. The molecule has 0 fully saturated rings. The second-order valence-corrected chi connectivity index (χ2v) is 20.9. The van der Waals surface area contributed by atoms with Crippen LogP contribution in [0.4, 0.5) is 0 Å². The molecule has 0 unspecified atom stereocenters. The Bertz CT molecular complexity index is 5030. The van der Waals surface area contributed by atoms with Crippen LogP contribution >= 0.6 is 0 Å². The Kier molecular flexibility index (Phi) is 10.8. The molecule has 0 aliphatic heterocycles. The summed E-state index contributed by atoms with van der Waals surface area (Å²) < 4.78 is 7.27. The predicted molar refractivity (Wildman–Crippen MR) is 338 cm³/mol. The monoisotopic (exact) mass is 1030 g/mol. The summed E-state index contributed by atoms with van der Waals surface area (Å²) in [6.07, 6.45) is 0. The molecule has 0 atom stereocenters. The normalized spacial score (nSPS) is 11.7. The van der Waals surface area contributed by atoms with E-state index in [-0.39, 0.29) is 0 Å².